The van der Waals surface area contributed by atoms with Gasteiger partial charge < -0.3 is 15.0 Å². The summed E-state index contributed by atoms with van der Waals surface area (Å²) in [5.41, 5.74) is 1.41. The van der Waals surface area contributed by atoms with Crippen molar-refractivity contribution in [2.75, 3.05) is 20.1 Å². The van der Waals surface area contributed by atoms with Crippen molar-refractivity contribution >= 4 is 11.8 Å². The van der Waals surface area contributed by atoms with Gasteiger partial charge in [-0.25, -0.2) is 4.39 Å². The minimum atomic E-state index is -0.358. The summed E-state index contributed by atoms with van der Waals surface area (Å²) in [6, 6.07) is 14.1. The van der Waals surface area contributed by atoms with E-state index < -0.39 is 0 Å². The molecule has 4 rings (SSSR count). The highest BCUT2D eigenvalue weighted by Gasteiger charge is 2.44. The van der Waals surface area contributed by atoms with Crippen LogP contribution in [-0.2, 0) is 16.0 Å². The molecule has 30 heavy (non-hydrogen) atoms. The standard InChI is InChI=1S/C24H27FN2O3/c1-26-22(28)15-18-16-24(30-21-8-3-2-7-20(18)21)9-11-27(12-10-24)23(29)14-17-5-4-6-19(25)13-17/h2-8,13,18H,9-12,14-16H2,1H3,(H,26,28)/t18-/m0/s1. The van der Waals surface area contributed by atoms with Crippen molar-refractivity contribution in [1.82, 2.24) is 10.2 Å². The van der Waals surface area contributed by atoms with E-state index in [2.05, 4.69) is 5.32 Å². The Labute approximate surface area is 176 Å². The quantitative estimate of drug-likeness (QED) is 0.840. The Morgan fingerprint density at radius 3 is 2.67 bits per heavy atom. The summed E-state index contributed by atoms with van der Waals surface area (Å²) in [6.07, 6.45) is 2.85. The fourth-order valence-electron chi connectivity index (χ4n) is 4.66. The number of rotatable bonds is 4. The number of carbonyl (C=O) groups excluding carboxylic acids is 2. The highest BCUT2D eigenvalue weighted by molar-refractivity contribution is 5.79. The van der Waals surface area contributed by atoms with Crippen LogP contribution < -0.4 is 10.1 Å². The third-order valence-corrected chi connectivity index (χ3v) is 6.29. The first-order valence-electron chi connectivity index (χ1n) is 10.5. The molecule has 0 aromatic heterocycles. The molecule has 158 valence electrons. The van der Waals surface area contributed by atoms with Gasteiger partial charge in [0.2, 0.25) is 11.8 Å². The number of carbonyl (C=O) groups is 2. The Hall–Kier alpha value is -2.89. The van der Waals surface area contributed by atoms with Crippen molar-refractivity contribution in [3.63, 3.8) is 0 Å². The Morgan fingerprint density at radius 2 is 1.93 bits per heavy atom. The van der Waals surface area contributed by atoms with Crippen LogP contribution in [0, 0.1) is 5.82 Å². The molecule has 2 amide bonds. The summed E-state index contributed by atoms with van der Waals surface area (Å²) < 4.78 is 19.9. The Kier molecular flexibility index (Phi) is 5.75. The van der Waals surface area contributed by atoms with Crippen LogP contribution in [0.4, 0.5) is 4.39 Å². The van der Waals surface area contributed by atoms with Gasteiger partial charge in [-0.05, 0) is 35.7 Å². The van der Waals surface area contributed by atoms with Crippen LogP contribution in [0.3, 0.4) is 0 Å². The van der Waals surface area contributed by atoms with Gasteiger partial charge in [-0.3, -0.25) is 9.59 Å². The molecule has 2 aromatic carbocycles. The first-order valence-corrected chi connectivity index (χ1v) is 10.5. The summed E-state index contributed by atoms with van der Waals surface area (Å²) in [7, 11) is 1.66. The Bertz CT molecular complexity index is 938. The molecule has 5 nitrogen and oxygen atoms in total. The lowest BCUT2D eigenvalue weighted by molar-refractivity contribution is -0.134. The monoisotopic (exact) mass is 410 g/mol. The number of hydrogen-bond donors (Lipinski definition) is 1. The maximum atomic E-state index is 13.4. The number of halogens is 1. The van der Waals surface area contributed by atoms with E-state index in [0.717, 1.165) is 30.6 Å². The number of ether oxygens (including phenoxy) is 1. The molecule has 0 aliphatic carbocycles. The lowest BCUT2D eigenvalue weighted by Gasteiger charge is -2.47. The van der Waals surface area contributed by atoms with Crippen LogP contribution in [0.25, 0.3) is 0 Å². The van der Waals surface area contributed by atoms with Gasteiger partial charge in [0.05, 0.1) is 6.42 Å². The summed E-state index contributed by atoms with van der Waals surface area (Å²) in [6.45, 7) is 1.20. The topological polar surface area (TPSA) is 58.6 Å². The molecular weight excluding hydrogens is 383 g/mol. The number of nitrogens with one attached hydrogen (secondary N) is 1. The molecule has 1 atom stereocenters. The minimum Gasteiger partial charge on any atom is -0.487 e. The molecular formula is C24H27FN2O3. The van der Waals surface area contributed by atoms with Gasteiger partial charge in [0, 0.05) is 45.3 Å². The molecule has 6 heteroatoms. The van der Waals surface area contributed by atoms with E-state index in [4.69, 9.17) is 4.74 Å². The van der Waals surface area contributed by atoms with Gasteiger partial charge >= 0.3 is 0 Å². The van der Waals surface area contributed by atoms with Crippen molar-refractivity contribution in [1.29, 1.82) is 0 Å². The first kappa shape index (κ1) is 20.4. The van der Waals surface area contributed by atoms with Gasteiger partial charge in [0.1, 0.15) is 17.2 Å². The van der Waals surface area contributed by atoms with Gasteiger partial charge in [0.25, 0.3) is 0 Å². The molecule has 2 aliphatic heterocycles. The number of likely N-dealkylation sites (tertiary alicyclic amines) is 1. The summed E-state index contributed by atoms with van der Waals surface area (Å²) >= 11 is 0. The van der Waals surface area contributed by atoms with Gasteiger partial charge in [-0.2, -0.15) is 0 Å². The second-order valence-electron chi connectivity index (χ2n) is 8.29. The summed E-state index contributed by atoms with van der Waals surface area (Å²) in [5, 5.41) is 2.72. The average Bonchev–Trinajstić information content (AvgIpc) is 2.74. The predicted molar refractivity (Wildman–Crippen MR) is 112 cm³/mol. The Morgan fingerprint density at radius 1 is 1.17 bits per heavy atom. The second-order valence-corrected chi connectivity index (χ2v) is 8.29. The molecule has 0 unspecified atom stereocenters. The van der Waals surface area contributed by atoms with Gasteiger partial charge in [0.15, 0.2) is 0 Å². The molecule has 0 bridgehead atoms. The molecule has 2 aliphatic rings. The Balaban J connectivity index is 1.44. The number of benzene rings is 2. The fourth-order valence-corrected chi connectivity index (χ4v) is 4.66. The maximum absolute atomic E-state index is 13.4. The van der Waals surface area contributed by atoms with E-state index in [1.165, 1.54) is 12.1 Å². The number of amides is 2. The predicted octanol–water partition coefficient (Wildman–Crippen LogP) is 3.43. The van der Waals surface area contributed by atoms with E-state index in [-0.39, 0.29) is 35.6 Å². The lowest BCUT2D eigenvalue weighted by Crippen LogP contribution is -2.52. The zero-order valence-corrected chi connectivity index (χ0v) is 17.2. The highest BCUT2D eigenvalue weighted by Crippen LogP contribution is 2.46. The third kappa shape index (κ3) is 4.32. The van der Waals surface area contributed by atoms with Crippen molar-refractivity contribution in [3.8, 4) is 5.75 Å². The maximum Gasteiger partial charge on any atom is 0.226 e. The average molecular weight is 410 g/mol. The smallest absolute Gasteiger partial charge is 0.226 e. The zero-order chi connectivity index (χ0) is 21.1. The minimum absolute atomic E-state index is 0.00794. The zero-order valence-electron chi connectivity index (χ0n) is 17.2. The van der Waals surface area contributed by atoms with E-state index >= 15 is 0 Å². The van der Waals surface area contributed by atoms with Crippen LogP contribution >= 0.6 is 0 Å². The number of para-hydroxylation sites is 1. The number of fused-ring (bicyclic) bond motifs is 1. The van der Waals surface area contributed by atoms with Gasteiger partial charge in [-0.15, -0.1) is 0 Å². The van der Waals surface area contributed by atoms with E-state index in [1.54, 1.807) is 19.2 Å². The van der Waals surface area contributed by atoms with E-state index in [9.17, 15) is 14.0 Å². The molecule has 2 aromatic rings. The van der Waals surface area contributed by atoms with Gasteiger partial charge in [-0.1, -0.05) is 30.3 Å². The second kappa shape index (κ2) is 8.46. The van der Waals surface area contributed by atoms with E-state index in [0.29, 0.717) is 25.1 Å². The molecule has 1 N–H and O–H groups in total. The van der Waals surface area contributed by atoms with Crippen molar-refractivity contribution in [2.45, 2.75) is 43.6 Å². The molecule has 1 fully saturated rings. The van der Waals surface area contributed by atoms with Crippen LogP contribution in [0.2, 0.25) is 0 Å². The van der Waals surface area contributed by atoms with Crippen molar-refractivity contribution in [2.24, 2.45) is 0 Å². The molecule has 1 saturated heterocycles. The first-order chi connectivity index (χ1) is 14.5. The van der Waals surface area contributed by atoms with Crippen LogP contribution in [0.1, 0.15) is 42.7 Å². The number of hydrogen-bond acceptors (Lipinski definition) is 3. The largest absolute Gasteiger partial charge is 0.487 e. The molecule has 2 heterocycles. The van der Waals surface area contributed by atoms with E-state index in [1.807, 2.05) is 29.2 Å². The van der Waals surface area contributed by atoms with Crippen molar-refractivity contribution < 1.29 is 18.7 Å². The van der Waals surface area contributed by atoms with Crippen LogP contribution in [0.5, 0.6) is 5.75 Å². The molecule has 0 radical (unpaired) electrons. The van der Waals surface area contributed by atoms with Crippen molar-refractivity contribution in [3.05, 3.63) is 65.5 Å². The third-order valence-electron chi connectivity index (χ3n) is 6.29. The fraction of sp³-hybridized carbons (Fsp3) is 0.417. The summed E-state index contributed by atoms with van der Waals surface area (Å²) in [5.74, 6) is 0.652. The molecule has 0 saturated carbocycles. The lowest BCUT2D eigenvalue weighted by atomic mass is 9.76. The van der Waals surface area contributed by atoms with Crippen LogP contribution in [-0.4, -0.2) is 42.5 Å². The number of nitrogens with zero attached hydrogens (tertiary/aromatic N) is 1. The highest BCUT2D eigenvalue weighted by atomic mass is 19.1. The molecule has 1 spiro atoms. The SMILES string of the molecule is CNC(=O)C[C@H]1CC2(CCN(C(=O)Cc3cccc(F)c3)CC2)Oc2ccccc21. The number of piperidine rings is 1. The summed E-state index contributed by atoms with van der Waals surface area (Å²) in [4.78, 5) is 26.6. The normalized spacial score (nSPS) is 19.7. The van der Waals surface area contributed by atoms with Crippen LogP contribution in [0.15, 0.2) is 48.5 Å².